The highest BCUT2D eigenvalue weighted by Gasteiger charge is 2.13. The summed E-state index contributed by atoms with van der Waals surface area (Å²) in [4.78, 5) is 18.6. The first-order valence-electron chi connectivity index (χ1n) is 10.2. The molecule has 0 radical (unpaired) electrons. The molecule has 2 aromatic carbocycles. The number of nitrogens with zero attached hydrogens (tertiary/aromatic N) is 3. The van der Waals surface area contributed by atoms with Crippen molar-refractivity contribution in [3.8, 4) is 17.2 Å². The Kier molecular flexibility index (Phi) is 8.38. The second-order valence-corrected chi connectivity index (χ2v) is 8.10. The number of amides is 1. The SMILES string of the molecule is COc1ccc(CCN(C)C(=O)CSc2n[nH]c(COc3ccccc3C)n2)cc1OC. The van der Waals surface area contributed by atoms with Gasteiger partial charge in [0.25, 0.3) is 0 Å². The molecular weight excluding hydrogens is 428 g/mol. The molecule has 3 aromatic rings. The number of nitrogens with one attached hydrogen (secondary N) is 1. The Morgan fingerprint density at radius 3 is 2.62 bits per heavy atom. The van der Waals surface area contributed by atoms with Crippen molar-refractivity contribution < 1.29 is 19.0 Å². The van der Waals surface area contributed by atoms with E-state index in [2.05, 4.69) is 15.2 Å². The number of thioether (sulfide) groups is 1. The van der Waals surface area contributed by atoms with Crippen LogP contribution in [0.3, 0.4) is 0 Å². The number of methoxy groups -OCH3 is 2. The van der Waals surface area contributed by atoms with Gasteiger partial charge in [-0.3, -0.25) is 9.89 Å². The molecule has 170 valence electrons. The van der Waals surface area contributed by atoms with Crippen LogP contribution in [0.1, 0.15) is 17.0 Å². The molecule has 0 bridgehead atoms. The minimum absolute atomic E-state index is 0.0120. The van der Waals surface area contributed by atoms with E-state index in [1.807, 2.05) is 49.4 Å². The van der Waals surface area contributed by atoms with Crippen molar-refractivity contribution >= 4 is 17.7 Å². The third-order valence-electron chi connectivity index (χ3n) is 4.90. The first-order chi connectivity index (χ1) is 15.5. The normalized spacial score (nSPS) is 10.6. The third-order valence-corrected chi connectivity index (χ3v) is 5.74. The molecule has 1 heterocycles. The zero-order valence-electron chi connectivity index (χ0n) is 18.8. The van der Waals surface area contributed by atoms with Gasteiger partial charge in [0.15, 0.2) is 17.3 Å². The monoisotopic (exact) mass is 456 g/mol. The molecule has 0 unspecified atom stereocenters. The predicted molar refractivity (Wildman–Crippen MR) is 124 cm³/mol. The minimum atomic E-state index is 0.0120. The fraction of sp³-hybridized carbons (Fsp3) is 0.348. The zero-order chi connectivity index (χ0) is 22.9. The van der Waals surface area contributed by atoms with Gasteiger partial charge >= 0.3 is 0 Å². The van der Waals surface area contributed by atoms with E-state index < -0.39 is 0 Å². The molecule has 0 aliphatic heterocycles. The van der Waals surface area contributed by atoms with E-state index in [1.54, 1.807) is 26.2 Å². The summed E-state index contributed by atoms with van der Waals surface area (Å²) in [5.41, 5.74) is 2.13. The molecule has 0 fully saturated rings. The first-order valence-corrected chi connectivity index (χ1v) is 11.2. The summed E-state index contributed by atoms with van der Waals surface area (Å²) in [5.74, 6) is 3.07. The maximum absolute atomic E-state index is 12.5. The van der Waals surface area contributed by atoms with E-state index in [-0.39, 0.29) is 18.3 Å². The van der Waals surface area contributed by atoms with Crippen LogP contribution in [0.4, 0.5) is 0 Å². The fourth-order valence-corrected chi connectivity index (χ4v) is 3.72. The maximum atomic E-state index is 12.5. The van der Waals surface area contributed by atoms with E-state index >= 15 is 0 Å². The Hall–Kier alpha value is -3.20. The highest BCUT2D eigenvalue weighted by Crippen LogP contribution is 2.27. The number of hydrogen-bond donors (Lipinski definition) is 1. The number of benzene rings is 2. The number of ether oxygens (including phenoxy) is 3. The van der Waals surface area contributed by atoms with Gasteiger partial charge in [0.2, 0.25) is 11.1 Å². The van der Waals surface area contributed by atoms with Gasteiger partial charge in [-0.05, 0) is 42.7 Å². The van der Waals surface area contributed by atoms with Crippen LogP contribution in [0, 0.1) is 6.92 Å². The number of hydrogen-bond acceptors (Lipinski definition) is 7. The lowest BCUT2D eigenvalue weighted by Gasteiger charge is -2.17. The van der Waals surface area contributed by atoms with Gasteiger partial charge < -0.3 is 19.1 Å². The van der Waals surface area contributed by atoms with E-state index in [4.69, 9.17) is 14.2 Å². The summed E-state index contributed by atoms with van der Waals surface area (Å²) in [6.07, 6.45) is 0.717. The van der Waals surface area contributed by atoms with Crippen LogP contribution in [-0.4, -0.2) is 59.6 Å². The van der Waals surface area contributed by atoms with Crippen molar-refractivity contribution in [2.45, 2.75) is 25.1 Å². The number of likely N-dealkylation sites (N-methyl/N-ethyl adjacent to an activating group) is 1. The summed E-state index contributed by atoms with van der Waals surface area (Å²) in [5, 5.41) is 7.55. The summed E-state index contributed by atoms with van der Waals surface area (Å²) in [7, 11) is 5.01. The molecule has 32 heavy (non-hydrogen) atoms. The smallest absolute Gasteiger partial charge is 0.232 e. The van der Waals surface area contributed by atoms with Gasteiger partial charge in [-0.15, -0.1) is 5.10 Å². The number of carbonyl (C=O) groups is 1. The third kappa shape index (κ3) is 6.40. The number of rotatable bonds is 11. The molecule has 3 rings (SSSR count). The quantitative estimate of drug-likeness (QED) is 0.442. The lowest BCUT2D eigenvalue weighted by molar-refractivity contribution is -0.127. The second kappa shape index (κ2) is 11.4. The van der Waals surface area contributed by atoms with E-state index in [0.29, 0.717) is 35.4 Å². The molecule has 0 atom stereocenters. The Bertz CT molecular complexity index is 1040. The van der Waals surface area contributed by atoms with Crippen molar-refractivity contribution in [3.05, 3.63) is 59.4 Å². The minimum Gasteiger partial charge on any atom is -0.493 e. The number of carbonyl (C=O) groups excluding carboxylic acids is 1. The van der Waals surface area contributed by atoms with Gasteiger partial charge in [-0.2, -0.15) is 0 Å². The molecule has 1 amide bonds. The maximum Gasteiger partial charge on any atom is 0.232 e. The second-order valence-electron chi connectivity index (χ2n) is 7.16. The molecule has 0 aliphatic rings. The molecule has 9 heteroatoms. The Balaban J connectivity index is 1.44. The average molecular weight is 457 g/mol. The van der Waals surface area contributed by atoms with E-state index in [9.17, 15) is 4.79 Å². The van der Waals surface area contributed by atoms with Gasteiger partial charge in [-0.1, -0.05) is 36.0 Å². The summed E-state index contributed by atoms with van der Waals surface area (Å²) < 4.78 is 16.4. The van der Waals surface area contributed by atoms with Crippen LogP contribution in [0.2, 0.25) is 0 Å². The van der Waals surface area contributed by atoms with Crippen LogP contribution < -0.4 is 14.2 Å². The lowest BCUT2D eigenvalue weighted by Crippen LogP contribution is -2.30. The van der Waals surface area contributed by atoms with Crippen molar-refractivity contribution in [2.75, 3.05) is 33.6 Å². The molecule has 0 spiro atoms. The average Bonchev–Trinajstić information content (AvgIpc) is 3.28. The molecule has 0 saturated heterocycles. The first kappa shape index (κ1) is 23.5. The van der Waals surface area contributed by atoms with E-state index in [1.165, 1.54) is 11.8 Å². The largest absolute Gasteiger partial charge is 0.493 e. The van der Waals surface area contributed by atoms with Crippen LogP contribution >= 0.6 is 11.8 Å². The molecule has 1 N–H and O–H groups in total. The van der Waals surface area contributed by atoms with Crippen LogP contribution in [0.5, 0.6) is 17.2 Å². The highest BCUT2D eigenvalue weighted by atomic mass is 32.2. The van der Waals surface area contributed by atoms with Crippen molar-refractivity contribution in [1.29, 1.82) is 0 Å². The van der Waals surface area contributed by atoms with Crippen LogP contribution in [-0.2, 0) is 17.8 Å². The molecule has 1 aromatic heterocycles. The number of para-hydroxylation sites is 1. The van der Waals surface area contributed by atoms with Gasteiger partial charge in [-0.25, -0.2) is 4.98 Å². The van der Waals surface area contributed by atoms with Crippen molar-refractivity contribution in [2.24, 2.45) is 0 Å². The van der Waals surface area contributed by atoms with Crippen molar-refractivity contribution in [3.63, 3.8) is 0 Å². The Morgan fingerprint density at radius 2 is 1.88 bits per heavy atom. The van der Waals surface area contributed by atoms with Crippen LogP contribution in [0.15, 0.2) is 47.6 Å². The lowest BCUT2D eigenvalue weighted by atomic mass is 10.1. The fourth-order valence-electron chi connectivity index (χ4n) is 2.97. The Morgan fingerprint density at radius 1 is 1.09 bits per heavy atom. The summed E-state index contributed by atoms with van der Waals surface area (Å²) >= 11 is 1.30. The molecule has 0 aliphatic carbocycles. The molecule has 8 nitrogen and oxygen atoms in total. The number of aromatic nitrogens is 3. The summed E-state index contributed by atoms with van der Waals surface area (Å²) in [6.45, 7) is 2.88. The summed E-state index contributed by atoms with van der Waals surface area (Å²) in [6, 6.07) is 13.6. The molecular formula is C23H28N4O4S. The van der Waals surface area contributed by atoms with Crippen LogP contribution in [0.25, 0.3) is 0 Å². The van der Waals surface area contributed by atoms with E-state index in [0.717, 1.165) is 16.9 Å². The Labute approximate surface area is 192 Å². The number of aryl methyl sites for hydroxylation is 1. The highest BCUT2D eigenvalue weighted by molar-refractivity contribution is 7.99. The standard InChI is InChI=1S/C23H28N4O4S/c1-16-7-5-6-8-18(16)31-14-21-24-23(26-25-21)32-15-22(28)27(2)12-11-17-9-10-19(29-3)20(13-17)30-4/h5-10,13H,11-12,14-15H2,1-4H3,(H,24,25,26). The van der Waals surface area contributed by atoms with Gasteiger partial charge in [0.05, 0.1) is 20.0 Å². The van der Waals surface area contributed by atoms with Gasteiger partial charge in [0.1, 0.15) is 12.4 Å². The number of aromatic amines is 1. The molecule has 0 saturated carbocycles. The zero-order valence-corrected chi connectivity index (χ0v) is 19.6. The topological polar surface area (TPSA) is 89.6 Å². The predicted octanol–water partition coefficient (Wildman–Crippen LogP) is 3.50. The van der Waals surface area contributed by atoms with Gasteiger partial charge in [0, 0.05) is 13.6 Å². The number of H-pyrrole nitrogens is 1. The van der Waals surface area contributed by atoms with Crippen molar-refractivity contribution in [1.82, 2.24) is 20.1 Å².